The van der Waals surface area contributed by atoms with Crippen molar-refractivity contribution in [1.82, 2.24) is 10.3 Å². The van der Waals surface area contributed by atoms with Crippen LogP contribution in [0.4, 0.5) is 13.2 Å². The van der Waals surface area contributed by atoms with Crippen molar-refractivity contribution in [1.29, 1.82) is 0 Å². The average molecular weight is 272 g/mol. The van der Waals surface area contributed by atoms with Crippen molar-refractivity contribution in [2.24, 2.45) is 0 Å². The largest absolute Gasteiger partial charge is 0.501 e. The number of pyridine rings is 1. The third-order valence-corrected chi connectivity index (χ3v) is 3.03. The number of aromatic nitrogens is 1. The number of nitrogens with zero attached hydrogens (tertiary/aromatic N) is 1. The van der Waals surface area contributed by atoms with Gasteiger partial charge in [-0.1, -0.05) is 0 Å². The Morgan fingerprint density at radius 3 is 2.63 bits per heavy atom. The quantitative estimate of drug-likeness (QED) is 0.918. The molecule has 1 atom stereocenters. The van der Waals surface area contributed by atoms with E-state index in [1.54, 1.807) is 13.3 Å². The Balaban J connectivity index is 2.22. The molecule has 0 aliphatic carbocycles. The zero-order valence-corrected chi connectivity index (χ0v) is 10.5. The first kappa shape index (κ1) is 13.9. The van der Waals surface area contributed by atoms with Gasteiger partial charge in [0.1, 0.15) is 0 Å². The summed E-state index contributed by atoms with van der Waals surface area (Å²) in [4.78, 5) is 3.91. The fraction of sp³-hybridized carbons (Fsp3) is 0.462. The summed E-state index contributed by atoms with van der Waals surface area (Å²) in [6, 6.07) is 2.25. The zero-order valence-electron chi connectivity index (χ0n) is 10.5. The van der Waals surface area contributed by atoms with Gasteiger partial charge in [-0.2, -0.15) is 13.2 Å². The van der Waals surface area contributed by atoms with Crippen LogP contribution >= 0.6 is 0 Å². The highest BCUT2D eigenvalue weighted by atomic mass is 19.4. The lowest BCUT2D eigenvalue weighted by Crippen LogP contribution is -2.22. The average Bonchev–Trinajstić information content (AvgIpc) is 2.40. The van der Waals surface area contributed by atoms with E-state index in [9.17, 15) is 13.2 Å². The van der Waals surface area contributed by atoms with Gasteiger partial charge in [0.05, 0.1) is 30.2 Å². The van der Waals surface area contributed by atoms with Crippen LogP contribution in [0.15, 0.2) is 30.2 Å². The van der Waals surface area contributed by atoms with Crippen LogP contribution in [-0.2, 0) is 10.9 Å². The third kappa shape index (κ3) is 3.26. The second-order valence-electron chi connectivity index (χ2n) is 4.36. The number of halogens is 3. The molecule has 1 aliphatic heterocycles. The van der Waals surface area contributed by atoms with E-state index < -0.39 is 11.7 Å². The molecule has 0 saturated heterocycles. The van der Waals surface area contributed by atoms with Gasteiger partial charge >= 0.3 is 6.18 Å². The van der Waals surface area contributed by atoms with Gasteiger partial charge in [-0.25, -0.2) is 0 Å². The van der Waals surface area contributed by atoms with Gasteiger partial charge in [-0.3, -0.25) is 4.98 Å². The van der Waals surface area contributed by atoms with Gasteiger partial charge < -0.3 is 10.1 Å². The maximum Gasteiger partial charge on any atom is 0.417 e. The molecule has 1 aromatic heterocycles. The summed E-state index contributed by atoms with van der Waals surface area (Å²) in [5, 5.41) is 3.05. The van der Waals surface area contributed by atoms with Crippen LogP contribution in [0.5, 0.6) is 0 Å². The van der Waals surface area contributed by atoms with E-state index in [0.717, 1.165) is 30.7 Å². The van der Waals surface area contributed by atoms with Gasteiger partial charge in [-0.05, 0) is 37.6 Å². The summed E-state index contributed by atoms with van der Waals surface area (Å²) < 4.78 is 42.7. The summed E-state index contributed by atoms with van der Waals surface area (Å²) in [5.41, 5.74) is 0.827. The monoisotopic (exact) mass is 272 g/mol. The Kier molecular flexibility index (Phi) is 4.09. The van der Waals surface area contributed by atoms with Crippen LogP contribution in [-0.4, -0.2) is 18.6 Å². The summed E-state index contributed by atoms with van der Waals surface area (Å²) in [5.74, 6) is 0. The second kappa shape index (κ2) is 5.61. The summed E-state index contributed by atoms with van der Waals surface area (Å²) in [6.07, 6.45) is -0.0549. The molecule has 1 unspecified atom stereocenters. The molecule has 104 valence electrons. The molecule has 0 spiro atoms. The number of rotatable bonds is 3. The maximum absolute atomic E-state index is 12.5. The number of ether oxygens (including phenoxy) is 1. The first-order valence-electron chi connectivity index (χ1n) is 6.03. The van der Waals surface area contributed by atoms with E-state index in [-0.39, 0.29) is 6.04 Å². The van der Waals surface area contributed by atoms with Gasteiger partial charge in [-0.15, -0.1) is 0 Å². The Morgan fingerprint density at radius 2 is 2.16 bits per heavy atom. The molecule has 1 aromatic rings. The molecule has 0 aromatic carbocycles. The van der Waals surface area contributed by atoms with E-state index in [0.29, 0.717) is 12.3 Å². The number of hydrogen-bond donors (Lipinski definition) is 1. The Morgan fingerprint density at radius 1 is 1.37 bits per heavy atom. The molecule has 19 heavy (non-hydrogen) atoms. The van der Waals surface area contributed by atoms with Crippen LogP contribution in [0.2, 0.25) is 0 Å². The molecular formula is C13H15F3N2O. The first-order valence-corrected chi connectivity index (χ1v) is 6.03. The maximum atomic E-state index is 12.5. The van der Waals surface area contributed by atoms with E-state index >= 15 is 0 Å². The fourth-order valence-corrected chi connectivity index (χ4v) is 2.06. The Hall–Kier alpha value is -1.56. The molecule has 0 bridgehead atoms. The summed E-state index contributed by atoms with van der Waals surface area (Å²) in [7, 11) is 1.75. The smallest absolute Gasteiger partial charge is 0.417 e. The van der Waals surface area contributed by atoms with Crippen molar-refractivity contribution >= 4 is 0 Å². The predicted molar refractivity (Wildman–Crippen MR) is 64.3 cm³/mol. The van der Waals surface area contributed by atoms with Crippen molar-refractivity contribution in [3.8, 4) is 0 Å². The minimum atomic E-state index is -4.35. The standard InChI is InChI=1S/C13H15F3N2O/c1-17-12(9-3-2-6-19-8-9)11-5-4-10(7-18-11)13(14,15)16/h4-5,7-8,12,17H,2-3,6H2,1H3. The first-order chi connectivity index (χ1) is 9.02. The second-order valence-corrected chi connectivity index (χ2v) is 4.36. The molecular weight excluding hydrogens is 257 g/mol. The minimum Gasteiger partial charge on any atom is -0.501 e. The van der Waals surface area contributed by atoms with Gasteiger partial charge in [0.15, 0.2) is 0 Å². The number of likely N-dealkylation sites (N-methyl/N-ethyl adjacent to an activating group) is 1. The molecule has 0 saturated carbocycles. The van der Waals surface area contributed by atoms with Crippen molar-refractivity contribution < 1.29 is 17.9 Å². The molecule has 0 amide bonds. The van der Waals surface area contributed by atoms with Gasteiger partial charge in [0.25, 0.3) is 0 Å². The highest BCUT2D eigenvalue weighted by Gasteiger charge is 2.31. The lowest BCUT2D eigenvalue weighted by molar-refractivity contribution is -0.137. The van der Waals surface area contributed by atoms with E-state index in [1.165, 1.54) is 6.07 Å². The Labute approximate surface area is 109 Å². The van der Waals surface area contributed by atoms with Gasteiger partial charge in [0.2, 0.25) is 0 Å². The number of nitrogens with one attached hydrogen (secondary N) is 1. The van der Waals surface area contributed by atoms with Crippen molar-refractivity contribution in [3.63, 3.8) is 0 Å². The lowest BCUT2D eigenvalue weighted by atomic mass is 9.98. The molecule has 2 heterocycles. The lowest BCUT2D eigenvalue weighted by Gasteiger charge is -2.22. The number of alkyl halides is 3. The SMILES string of the molecule is CNC(C1=COCCC1)c1ccc(C(F)(F)F)cn1. The predicted octanol–water partition coefficient (Wildman–Crippen LogP) is 3.06. The van der Waals surface area contributed by atoms with E-state index in [2.05, 4.69) is 10.3 Å². The van der Waals surface area contributed by atoms with Crippen LogP contribution in [0.1, 0.15) is 30.1 Å². The van der Waals surface area contributed by atoms with Crippen molar-refractivity contribution in [3.05, 3.63) is 41.4 Å². The molecule has 6 heteroatoms. The highest BCUT2D eigenvalue weighted by molar-refractivity contribution is 5.25. The van der Waals surface area contributed by atoms with E-state index in [1.807, 2.05) is 0 Å². The van der Waals surface area contributed by atoms with Crippen LogP contribution in [0.25, 0.3) is 0 Å². The Bertz CT molecular complexity index is 454. The molecule has 0 fully saturated rings. The van der Waals surface area contributed by atoms with Crippen molar-refractivity contribution in [2.45, 2.75) is 25.1 Å². The van der Waals surface area contributed by atoms with Crippen LogP contribution in [0.3, 0.4) is 0 Å². The molecule has 1 N–H and O–H groups in total. The molecule has 0 radical (unpaired) electrons. The molecule has 2 rings (SSSR count). The van der Waals surface area contributed by atoms with E-state index in [4.69, 9.17) is 4.74 Å². The van der Waals surface area contributed by atoms with Crippen LogP contribution in [0, 0.1) is 0 Å². The fourth-order valence-electron chi connectivity index (χ4n) is 2.06. The molecule has 3 nitrogen and oxygen atoms in total. The normalized spacial score (nSPS) is 17.6. The van der Waals surface area contributed by atoms with Crippen LogP contribution < -0.4 is 5.32 Å². The summed E-state index contributed by atoms with van der Waals surface area (Å²) >= 11 is 0. The number of hydrogen-bond acceptors (Lipinski definition) is 3. The molecule has 1 aliphatic rings. The third-order valence-electron chi connectivity index (χ3n) is 3.03. The van der Waals surface area contributed by atoms with Crippen molar-refractivity contribution in [2.75, 3.05) is 13.7 Å². The minimum absolute atomic E-state index is 0.206. The zero-order chi connectivity index (χ0) is 13.9. The highest BCUT2D eigenvalue weighted by Crippen LogP contribution is 2.31. The topological polar surface area (TPSA) is 34.1 Å². The van der Waals surface area contributed by atoms with Gasteiger partial charge in [0, 0.05) is 6.20 Å². The summed E-state index contributed by atoms with van der Waals surface area (Å²) in [6.45, 7) is 0.681.